The van der Waals surface area contributed by atoms with Crippen molar-refractivity contribution in [2.24, 2.45) is 0 Å². The Bertz CT molecular complexity index is 693. The van der Waals surface area contributed by atoms with Gasteiger partial charge in [0, 0.05) is 37.8 Å². The Morgan fingerprint density at radius 3 is 2.88 bits per heavy atom. The van der Waals surface area contributed by atoms with Gasteiger partial charge in [0.05, 0.1) is 18.3 Å². The Morgan fingerprint density at radius 1 is 1.20 bits per heavy atom. The van der Waals surface area contributed by atoms with Gasteiger partial charge >= 0.3 is 0 Å². The van der Waals surface area contributed by atoms with Crippen molar-refractivity contribution in [3.63, 3.8) is 0 Å². The van der Waals surface area contributed by atoms with Crippen LogP contribution in [0.4, 0.5) is 0 Å². The van der Waals surface area contributed by atoms with Crippen molar-refractivity contribution >= 4 is 11.8 Å². The van der Waals surface area contributed by atoms with Gasteiger partial charge < -0.3 is 9.80 Å². The Morgan fingerprint density at radius 2 is 2.12 bits per heavy atom. The number of aryl methyl sites for hydroxylation is 1. The lowest BCUT2D eigenvalue weighted by Gasteiger charge is -2.34. The van der Waals surface area contributed by atoms with Crippen LogP contribution in [0.1, 0.15) is 50.6 Å². The predicted octanol–water partition coefficient (Wildman–Crippen LogP) is 2.11. The van der Waals surface area contributed by atoms with Gasteiger partial charge in [-0.05, 0) is 44.6 Å². The van der Waals surface area contributed by atoms with Crippen LogP contribution < -0.4 is 0 Å². The number of likely N-dealkylation sites (tertiary alicyclic amines) is 1. The average Bonchev–Trinajstić information content (AvgIpc) is 3.21. The van der Waals surface area contributed by atoms with Crippen LogP contribution in [0.15, 0.2) is 23.9 Å². The molecule has 0 aromatic carbocycles. The number of amides is 2. The van der Waals surface area contributed by atoms with E-state index in [0.717, 1.165) is 56.5 Å². The van der Waals surface area contributed by atoms with E-state index in [0.29, 0.717) is 19.5 Å². The smallest absolute Gasteiger partial charge is 0.250 e. The predicted molar refractivity (Wildman–Crippen MR) is 93.5 cm³/mol. The van der Waals surface area contributed by atoms with Gasteiger partial charge in [-0.3, -0.25) is 14.3 Å². The third kappa shape index (κ3) is 3.34. The minimum absolute atomic E-state index is 0.0686. The number of carbonyl (C=O) groups excluding carboxylic acids is 2. The molecule has 0 bridgehead atoms. The second-order valence-corrected chi connectivity index (χ2v) is 7.34. The zero-order valence-corrected chi connectivity index (χ0v) is 14.7. The van der Waals surface area contributed by atoms with Crippen LogP contribution >= 0.6 is 0 Å². The highest BCUT2D eigenvalue weighted by atomic mass is 16.2. The van der Waals surface area contributed by atoms with E-state index in [1.807, 2.05) is 26.7 Å². The van der Waals surface area contributed by atoms with Gasteiger partial charge in [0.15, 0.2) is 0 Å². The monoisotopic (exact) mass is 342 g/mol. The first kappa shape index (κ1) is 16.4. The molecule has 0 radical (unpaired) electrons. The third-order valence-corrected chi connectivity index (χ3v) is 5.68. The highest BCUT2D eigenvalue weighted by Gasteiger charge is 2.33. The van der Waals surface area contributed by atoms with Gasteiger partial charge in [0.1, 0.15) is 0 Å². The van der Waals surface area contributed by atoms with Crippen molar-refractivity contribution in [1.82, 2.24) is 19.6 Å². The van der Waals surface area contributed by atoms with Crippen LogP contribution in [0.2, 0.25) is 0 Å². The number of carbonyl (C=O) groups is 2. The van der Waals surface area contributed by atoms with E-state index in [9.17, 15) is 9.59 Å². The molecule has 0 unspecified atom stereocenters. The third-order valence-electron chi connectivity index (χ3n) is 5.68. The fourth-order valence-electron chi connectivity index (χ4n) is 4.22. The number of hydrogen-bond donors (Lipinski definition) is 0. The highest BCUT2D eigenvalue weighted by molar-refractivity contribution is 5.93. The van der Waals surface area contributed by atoms with Crippen LogP contribution in [-0.4, -0.2) is 50.5 Å². The van der Waals surface area contributed by atoms with E-state index >= 15 is 0 Å². The van der Waals surface area contributed by atoms with E-state index in [1.165, 1.54) is 6.42 Å². The van der Waals surface area contributed by atoms with Crippen LogP contribution in [0, 0.1) is 0 Å². The van der Waals surface area contributed by atoms with Gasteiger partial charge in [-0.2, -0.15) is 5.10 Å². The first-order chi connectivity index (χ1) is 12.2. The molecule has 0 spiro atoms. The second-order valence-electron chi connectivity index (χ2n) is 7.34. The minimum Gasteiger partial charge on any atom is -0.341 e. The lowest BCUT2D eigenvalue weighted by atomic mass is 9.97. The molecule has 3 aliphatic rings. The molecule has 1 fully saturated rings. The first-order valence-corrected chi connectivity index (χ1v) is 9.51. The molecule has 6 nitrogen and oxygen atoms in total. The highest BCUT2D eigenvalue weighted by Crippen LogP contribution is 2.25. The molecule has 1 aliphatic carbocycles. The molecule has 1 aromatic rings. The standard InChI is InChI=1S/C19H26N4O2/c24-18-7-4-11-21(18)13-16-9-12-23-17(8-10-20-23)14-22(16)19(25)15-5-2-1-3-6-15/h5,8,10,16H,1-4,6-7,9,11-14H2/t16-/m1/s1. The number of allylic oxidation sites excluding steroid dienone is 1. The number of hydrogen-bond acceptors (Lipinski definition) is 3. The van der Waals surface area contributed by atoms with Crippen molar-refractivity contribution in [2.45, 2.75) is 64.1 Å². The molecular weight excluding hydrogens is 316 g/mol. The number of rotatable bonds is 3. The molecule has 0 N–H and O–H groups in total. The summed E-state index contributed by atoms with van der Waals surface area (Å²) in [5.74, 6) is 0.386. The zero-order chi connectivity index (χ0) is 17.2. The Hall–Kier alpha value is -2.11. The average molecular weight is 342 g/mol. The number of fused-ring (bicyclic) bond motifs is 1. The van der Waals surface area contributed by atoms with Gasteiger partial charge in [0.25, 0.3) is 0 Å². The summed E-state index contributed by atoms with van der Waals surface area (Å²) >= 11 is 0. The Labute approximate surface area is 148 Å². The second kappa shape index (κ2) is 7.02. The maximum absolute atomic E-state index is 13.2. The Balaban J connectivity index is 1.58. The summed E-state index contributed by atoms with van der Waals surface area (Å²) in [6.45, 7) is 2.87. The number of nitrogens with zero attached hydrogens (tertiary/aromatic N) is 4. The SMILES string of the molecule is O=C1CCCN1C[C@H]1CCn2nccc2CN1C(=O)C1=CCCCC1. The minimum atomic E-state index is 0.0686. The van der Waals surface area contributed by atoms with Crippen LogP contribution in [0.25, 0.3) is 0 Å². The van der Waals surface area contributed by atoms with E-state index < -0.39 is 0 Å². The molecule has 0 saturated carbocycles. The van der Waals surface area contributed by atoms with Crippen molar-refractivity contribution in [3.05, 3.63) is 29.6 Å². The molecule has 1 saturated heterocycles. The quantitative estimate of drug-likeness (QED) is 0.845. The lowest BCUT2D eigenvalue weighted by Crippen LogP contribution is -2.47. The fraction of sp³-hybridized carbons (Fsp3) is 0.632. The molecule has 4 rings (SSSR count). The Kier molecular flexibility index (Phi) is 4.59. The molecule has 134 valence electrons. The lowest BCUT2D eigenvalue weighted by molar-refractivity contribution is -0.134. The van der Waals surface area contributed by atoms with Crippen LogP contribution in [-0.2, 0) is 22.7 Å². The van der Waals surface area contributed by atoms with Gasteiger partial charge in [0.2, 0.25) is 11.8 Å². The fourth-order valence-corrected chi connectivity index (χ4v) is 4.22. The topological polar surface area (TPSA) is 58.4 Å². The van der Waals surface area contributed by atoms with Crippen molar-refractivity contribution in [2.75, 3.05) is 13.1 Å². The van der Waals surface area contributed by atoms with E-state index in [1.54, 1.807) is 0 Å². The normalized spacial score (nSPS) is 24.1. The van der Waals surface area contributed by atoms with Crippen LogP contribution in [0.5, 0.6) is 0 Å². The van der Waals surface area contributed by atoms with Gasteiger partial charge in [-0.1, -0.05) is 6.08 Å². The molecule has 25 heavy (non-hydrogen) atoms. The molecule has 3 heterocycles. The van der Waals surface area contributed by atoms with Gasteiger partial charge in [-0.15, -0.1) is 0 Å². The van der Waals surface area contributed by atoms with E-state index in [4.69, 9.17) is 0 Å². The summed E-state index contributed by atoms with van der Waals surface area (Å²) in [6.07, 6.45) is 10.5. The molecule has 2 amide bonds. The molecule has 1 aromatic heterocycles. The van der Waals surface area contributed by atoms with Crippen molar-refractivity contribution in [3.8, 4) is 0 Å². The number of aromatic nitrogens is 2. The van der Waals surface area contributed by atoms with E-state index in [2.05, 4.69) is 11.2 Å². The first-order valence-electron chi connectivity index (χ1n) is 9.51. The summed E-state index contributed by atoms with van der Waals surface area (Å²) in [6, 6.07) is 2.07. The van der Waals surface area contributed by atoms with Crippen molar-refractivity contribution < 1.29 is 9.59 Å². The molecular formula is C19H26N4O2. The van der Waals surface area contributed by atoms with E-state index in [-0.39, 0.29) is 17.9 Å². The summed E-state index contributed by atoms with van der Waals surface area (Å²) < 4.78 is 2.00. The molecule has 6 heteroatoms. The van der Waals surface area contributed by atoms with Crippen molar-refractivity contribution in [1.29, 1.82) is 0 Å². The molecule has 1 atom stereocenters. The summed E-state index contributed by atoms with van der Waals surface area (Å²) in [4.78, 5) is 29.2. The van der Waals surface area contributed by atoms with Crippen LogP contribution in [0.3, 0.4) is 0 Å². The molecule has 2 aliphatic heterocycles. The summed E-state index contributed by atoms with van der Waals surface area (Å²) in [7, 11) is 0. The maximum atomic E-state index is 13.2. The van der Waals surface area contributed by atoms with Gasteiger partial charge in [-0.25, -0.2) is 0 Å². The maximum Gasteiger partial charge on any atom is 0.250 e. The zero-order valence-electron chi connectivity index (χ0n) is 14.7. The summed E-state index contributed by atoms with van der Waals surface area (Å²) in [5, 5.41) is 4.39. The summed E-state index contributed by atoms with van der Waals surface area (Å²) in [5.41, 5.74) is 2.04. The largest absolute Gasteiger partial charge is 0.341 e.